The van der Waals surface area contributed by atoms with Gasteiger partial charge in [-0.3, -0.25) is 0 Å². The molecule has 0 aliphatic heterocycles. The van der Waals surface area contributed by atoms with Crippen LogP contribution in [0.15, 0.2) is 82.6 Å². The predicted octanol–water partition coefficient (Wildman–Crippen LogP) is 11.3. The van der Waals surface area contributed by atoms with E-state index in [0.29, 0.717) is 10.8 Å². The zero-order valence-electron chi connectivity index (χ0n) is 31.0. The molecule has 0 aromatic heterocycles. The van der Waals surface area contributed by atoms with Crippen molar-refractivity contribution in [3.63, 3.8) is 0 Å². The van der Waals surface area contributed by atoms with Gasteiger partial charge >= 0.3 is 37.7 Å². The SMILES string of the molecule is CCCCCCCCCCCc1ccc(S(=O)(=O)[O-])c2ccccc12.CCCCCCCCCCCc1ccc(S(=O)(=O)[O-])c2ccccc12.[Ca+2]. The van der Waals surface area contributed by atoms with Gasteiger partial charge in [0.2, 0.25) is 0 Å². The van der Waals surface area contributed by atoms with E-state index in [9.17, 15) is 25.9 Å². The Morgan fingerprint density at radius 1 is 0.392 bits per heavy atom. The van der Waals surface area contributed by atoms with Crippen LogP contribution in [0.25, 0.3) is 21.5 Å². The number of benzene rings is 4. The van der Waals surface area contributed by atoms with Crippen molar-refractivity contribution in [3.8, 4) is 0 Å². The molecule has 51 heavy (non-hydrogen) atoms. The third kappa shape index (κ3) is 16.2. The molecule has 0 saturated heterocycles. The number of hydrogen-bond donors (Lipinski definition) is 0. The summed E-state index contributed by atoms with van der Waals surface area (Å²) < 4.78 is 68.6. The number of aryl methyl sites for hydroxylation is 2. The average molecular weight is 763 g/mol. The summed E-state index contributed by atoms with van der Waals surface area (Å²) in [5, 5.41) is 2.87. The molecule has 4 aromatic rings. The molecule has 0 amide bonds. The Balaban J connectivity index is 0.000000347. The van der Waals surface area contributed by atoms with Gasteiger partial charge in [0.15, 0.2) is 0 Å². The predicted molar refractivity (Wildman–Crippen MR) is 211 cm³/mol. The zero-order valence-corrected chi connectivity index (χ0v) is 34.9. The molecule has 0 unspecified atom stereocenters. The molecule has 0 heterocycles. The normalized spacial score (nSPS) is 11.7. The Morgan fingerprint density at radius 2 is 0.667 bits per heavy atom. The maximum atomic E-state index is 11.4. The topological polar surface area (TPSA) is 114 Å². The number of rotatable bonds is 22. The fourth-order valence-electron chi connectivity index (χ4n) is 6.79. The van der Waals surface area contributed by atoms with E-state index in [1.807, 2.05) is 24.3 Å². The Kier molecular flexibility index (Phi) is 22.1. The summed E-state index contributed by atoms with van der Waals surface area (Å²) in [6.07, 6.45) is 24.9. The maximum absolute atomic E-state index is 11.4. The van der Waals surface area contributed by atoms with Gasteiger partial charge in [0, 0.05) is 0 Å². The van der Waals surface area contributed by atoms with Crippen molar-refractivity contribution in [2.45, 2.75) is 152 Å². The molecule has 0 spiro atoms. The molecule has 6 nitrogen and oxygen atoms in total. The largest absolute Gasteiger partial charge is 2.00 e. The Bertz CT molecular complexity index is 1670. The van der Waals surface area contributed by atoms with Crippen LogP contribution in [0.1, 0.15) is 141 Å². The Labute approximate surface area is 338 Å². The third-order valence-corrected chi connectivity index (χ3v) is 11.4. The van der Waals surface area contributed by atoms with Crippen LogP contribution in [0, 0.1) is 0 Å². The molecular formula is C42H58CaO6S2. The van der Waals surface area contributed by atoms with E-state index < -0.39 is 20.2 Å². The number of hydrogen-bond acceptors (Lipinski definition) is 6. The summed E-state index contributed by atoms with van der Waals surface area (Å²) in [5.41, 5.74) is 2.26. The monoisotopic (exact) mass is 762 g/mol. The van der Waals surface area contributed by atoms with E-state index in [1.54, 1.807) is 36.4 Å². The van der Waals surface area contributed by atoms with Crippen LogP contribution >= 0.6 is 0 Å². The molecule has 0 atom stereocenters. The van der Waals surface area contributed by atoms with E-state index in [-0.39, 0.29) is 47.5 Å². The van der Waals surface area contributed by atoms with Gasteiger partial charge in [0.1, 0.15) is 20.2 Å². The van der Waals surface area contributed by atoms with Gasteiger partial charge in [-0.2, -0.15) is 0 Å². The molecule has 0 aliphatic rings. The minimum Gasteiger partial charge on any atom is -0.744 e. The Hall–Kier alpha value is -1.52. The van der Waals surface area contributed by atoms with Crippen LogP contribution < -0.4 is 0 Å². The quantitative estimate of drug-likeness (QED) is 0.0447. The minimum absolute atomic E-state index is 0. The third-order valence-electron chi connectivity index (χ3n) is 9.59. The molecule has 9 heteroatoms. The van der Waals surface area contributed by atoms with Gasteiger partial charge < -0.3 is 9.11 Å². The summed E-state index contributed by atoms with van der Waals surface area (Å²) >= 11 is 0. The van der Waals surface area contributed by atoms with Crippen molar-refractivity contribution in [2.75, 3.05) is 0 Å². The first-order valence-electron chi connectivity index (χ1n) is 19.0. The van der Waals surface area contributed by atoms with E-state index in [1.165, 1.54) is 115 Å². The first-order valence-corrected chi connectivity index (χ1v) is 21.8. The standard InChI is InChI=1S/2C21H30O3S.Ca/c2*1-2-3-4-5-6-7-8-9-10-13-18-16-17-21(25(22,23)24)20-15-12-11-14-19(18)20;/h2*11-12,14-17H,2-10,13H2,1H3,(H,22,23,24);/q;;+2/p-2. The van der Waals surface area contributed by atoms with E-state index in [2.05, 4.69) is 13.8 Å². The van der Waals surface area contributed by atoms with E-state index >= 15 is 0 Å². The van der Waals surface area contributed by atoms with Gasteiger partial charge in [0.05, 0.1) is 9.79 Å². The second kappa shape index (κ2) is 24.7. The van der Waals surface area contributed by atoms with Crippen molar-refractivity contribution in [2.24, 2.45) is 0 Å². The Morgan fingerprint density at radius 3 is 0.961 bits per heavy atom. The second-order valence-corrected chi connectivity index (χ2v) is 16.3. The van der Waals surface area contributed by atoms with Crippen LogP contribution in [-0.4, -0.2) is 63.7 Å². The second-order valence-electron chi connectivity index (χ2n) is 13.6. The van der Waals surface area contributed by atoms with Gasteiger partial charge in [-0.25, -0.2) is 16.8 Å². The van der Waals surface area contributed by atoms with Gasteiger partial charge in [0.25, 0.3) is 0 Å². The summed E-state index contributed by atoms with van der Waals surface area (Å²) in [7, 11) is -8.88. The van der Waals surface area contributed by atoms with Crippen LogP contribution in [0.2, 0.25) is 0 Å². The van der Waals surface area contributed by atoms with Crippen LogP contribution in [0.3, 0.4) is 0 Å². The van der Waals surface area contributed by atoms with Gasteiger partial charge in [-0.1, -0.05) is 177 Å². The fourth-order valence-corrected chi connectivity index (χ4v) is 8.16. The average Bonchev–Trinajstić information content (AvgIpc) is 3.09. The maximum Gasteiger partial charge on any atom is 2.00 e. The van der Waals surface area contributed by atoms with Crippen molar-refractivity contribution < 1.29 is 25.9 Å². The van der Waals surface area contributed by atoms with E-state index in [0.717, 1.165) is 47.6 Å². The van der Waals surface area contributed by atoms with Crippen LogP contribution in [0.5, 0.6) is 0 Å². The van der Waals surface area contributed by atoms with Crippen molar-refractivity contribution in [1.29, 1.82) is 0 Å². The zero-order chi connectivity index (χ0) is 36.2. The fraction of sp³-hybridized carbons (Fsp3) is 0.524. The van der Waals surface area contributed by atoms with Gasteiger partial charge in [-0.05, 0) is 70.5 Å². The van der Waals surface area contributed by atoms with Crippen LogP contribution in [0.4, 0.5) is 0 Å². The summed E-state index contributed by atoms with van der Waals surface area (Å²) in [5.74, 6) is 0. The first kappa shape index (κ1) is 45.6. The molecule has 4 rings (SSSR count). The van der Waals surface area contributed by atoms with Crippen molar-refractivity contribution in [1.82, 2.24) is 0 Å². The molecule has 0 saturated carbocycles. The first-order chi connectivity index (χ1) is 24.1. The summed E-state index contributed by atoms with van der Waals surface area (Å²) in [6.45, 7) is 4.48. The molecule has 0 fully saturated rings. The van der Waals surface area contributed by atoms with Gasteiger partial charge in [-0.15, -0.1) is 0 Å². The molecule has 0 N–H and O–H groups in total. The molecule has 0 aliphatic carbocycles. The molecule has 276 valence electrons. The summed E-state index contributed by atoms with van der Waals surface area (Å²) in [4.78, 5) is -0.224. The van der Waals surface area contributed by atoms with E-state index in [4.69, 9.17) is 0 Å². The minimum atomic E-state index is -4.44. The van der Waals surface area contributed by atoms with Crippen molar-refractivity contribution in [3.05, 3.63) is 83.9 Å². The molecule has 4 aromatic carbocycles. The number of fused-ring (bicyclic) bond motifs is 2. The van der Waals surface area contributed by atoms with Crippen LogP contribution in [-0.2, 0) is 33.1 Å². The molecule has 0 radical (unpaired) electrons. The molecule has 0 bridgehead atoms. The summed E-state index contributed by atoms with van der Waals surface area (Å²) in [6, 6.07) is 21.1. The van der Waals surface area contributed by atoms with Crippen molar-refractivity contribution >= 4 is 79.5 Å². The number of unbranched alkanes of at least 4 members (excludes halogenated alkanes) is 16. The molecular weight excluding hydrogens is 705 g/mol. The smallest absolute Gasteiger partial charge is 0.744 e.